The highest BCUT2D eigenvalue weighted by molar-refractivity contribution is 7.13. The fourth-order valence-corrected chi connectivity index (χ4v) is 3.66. The lowest BCUT2D eigenvalue weighted by Gasteiger charge is -2.11. The van der Waals surface area contributed by atoms with E-state index in [0.29, 0.717) is 10.9 Å². The maximum Gasteiger partial charge on any atom is 0.435 e. The van der Waals surface area contributed by atoms with E-state index in [1.807, 2.05) is 0 Å². The van der Waals surface area contributed by atoms with Crippen LogP contribution >= 0.6 is 22.9 Å². The van der Waals surface area contributed by atoms with Crippen molar-refractivity contribution in [3.63, 3.8) is 0 Å². The molecule has 11 heteroatoms. The van der Waals surface area contributed by atoms with Gasteiger partial charge in [0.05, 0.1) is 16.1 Å². The van der Waals surface area contributed by atoms with Gasteiger partial charge in [-0.2, -0.15) is 31.4 Å². The fourth-order valence-electron chi connectivity index (χ4n) is 2.85. The van der Waals surface area contributed by atoms with E-state index in [2.05, 4.69) is 10.1 Å². The molecule has 150 valence electrons. The molecule has 0 fully saturated rings. The number of thiophene rings is 1. The van der Waals surface area contributed by atoms with Crippen LogP contribution < -0.4 is 0 Å². The zero-order valence-corrected chi connectivity index (χ0v) is 15.6. The van der Waals surface area contributed by atoms with Gasteiger partial charge >= 0.3 is 12.4 Å². The van der Waals surface area contributed by atoms with E-state index in [1.54, 1.807) is 11.4 Å². The maximum absolute atomic E-state index is 13.6. The summed E-state index contributed by atoms with van der Waals surface area (Å²) in [5, 5.41) is 5.15. The molecule has 29 heavy (non-hydrogen) atoms. The standard InChI is InChI=1S/C18H8ClF6N3S/c19-10-5-3-9(4-6-10)14-15(18(23,24)25)27-28-13(17(20,21)22)8-11(26-16(14)28)12-2-1-7-29-12/h1-8H. The van der Waals surface area contributed by atoms with E-state index < -0.39 is 35.0 Å². The minimum Gasteiger partial charge on any atom is -0.227 e. The summed E-state index contributed by atoms with van der Waals surface area (Å²) in [6.45, 7) is 0. The van der Waals surface area contributed by atoms with Crippen molar-refractivity contribution in [2.24, 2.45) is 0 Å². The van der Waals surface area contributed by atoms with Crippen molar-refractivity contribution in [3.8, 4) is 21.7 Å². The molecule has 3 heterocycles. The second kappa shape index (κ2) is 6.74. The molecule has 4 aromatic rings. The lowest BCUT2D eigenvalue weighted by atomic mass is 10.1. The Labute approximate surface area is 168 Å². The Bertz CT molecular complexity index is 1180. The molecule has 3 nitrogen and oxygen atoms in total. The third-order valence-corrected chi connectivity index (χ3v) is 5.20. The molecule has 0 saturated carbocycles. The van der Waals surface area contributed by atoms with Crippen molar-refractivity contribution in [2.45, 2.75) is 12.4 Å². The number of hydrogen-bond donors (Lipinski definition) is 0. The molecule has 0 N–H and O–H groups in total. The first-order valence-electron chi connectivity index (χ1n) is 7.93. The molecule has 0 atom stereocenters. The second-order valence-electron chi connectivity index (χ2n) is 5.97. The van der Waals surface area contributed by atoms with Gasteiger partial charge in [-0.1, -0.05) is 29.8 Å². The molecule has 0 bridgehead atoms. The second-order valence-corrected chi connectivity index (χ2v) is 7.35. The zero-order chi connectivity index (χ0) is 21.0. The SMILES string of the molecule is FC(F)(F)c1nn2c(C(F)(F)F)cc(-c3cccs3)nc2c1-c1ccc(Cl)cc1. The van der Waals surface area contributed by atoms with Crippen LogP contribution in [0.3, 0.4) is 0 Å². The number of nitrogens with zero attached hydrogens (tertiary/aromatic N) is 3. The highest BCUT2D eigenvalue weighted by atomic mass is 35.5. The first kappa shape index (κ1) is 19.7. The van der Waals surface area contributed by atoms with Gasteiger partial charge in [-0.3, -0.25) is 0 Å². The van der Waals surface area contributed by atoms with Gasteiger partial charge in [-0.15, -0.1) is 11.3 Å². The van der Waals surface area contributed by atoms with Crippen molar-refractivity contribution >= 4 is 28.6 Å². The summed E-state index contributed by atoms with van der Waals surface area (Å²) in [6, 6.07) is 9.08. The Morgan fingerprint density at radius 1 is 0.931 bits per heavy atom. The number of hydrogen-bond acceptors (Lipinski definition) is 3. The molecule has 0 amide bonds. The zero-order valence-electron chi connectivity index (χ0n) is 14.0. The van der Waals surface area contributed by atoms with Gasteiger partial charge in [-0.05, 0) is 35.2 Å². The summed E-state index contributed by atoms with van der Waals surface area (Å²) in [7, 11) is 0. The number of alkyl halides is 6. The smallest absolute Gasteiger partial charge is 0.227 e. The average molecular weight is 448 g/mol. The fraction of sp³-hybridized carbons (Fsp3) is 0.111. The van der Waals surface area contributed by atoms with Crippen LogP contribution in [0.15, 0.2) is 47.8 Å². The molecule has 0 saturated heterocycles. The van der Waals surface area contributed by atoms with Crippen LogP contribution in [0.1, 0.15) is 11.4 Å². The summed E-state index contributed by atoms with van der Waals surface area (Å²) in [5.41, 5.74) is -3.99. The van der Waals surface area contributed by atoms with Gasteiger partial charge < -0.3 is 0 Å². The Balaban J connectivity index is 2.14. The predicted molar refractivity (Wildman–Crippen MR) is 96.7 cm³/mol. The Morgan fingerprint density at radius 3 is 2.17 bits per heavy atom. The van der Waals surface area contributed by atoms with E-state index in [9.17, 15) is 26.3 Å². The molecule has 0 aliphatic heterocycles. The molecule has 1 aromatic carbocycles. The van der Waals surface area contributed by atoms with Crippen LogP contribution in [0.25, 0.3) is 27.3 Å². The van der Waals surface area contributed by atoms with Crippen molar-refractivity contribution in [1.82, 2.24) is 14.6 Å². The first-order valence-corrected chi connectivity index (χ1v) is 9.19. The van der Waals surface area contributed by atoms with Crippen molar-refractivity contribution in [1.29, 1.82) is 0 Å². The van der Waals surface area contributed by atoms with Crippen LogP contribution in [0.4, 0.5) is 26.3 Å². The number of rotatable bonds is 2. The quantitative estimate of drug-likeness (QED) is 0.316. The Morgan fingerprint density at radius 2 is 1.62 bits per heavy atom. The highest BCUT2D eigenvalue weighted by Crippen LogP contribution is 2.42. The van der Waals surface area contributed by atoms with Crippen LogP contribution in [0.5, 0.6) is 0 Å². The van der Waals surface area contributed by atoms with E-state index in [-0.39, 0.29) is 20.8 Å². The molecule has 3 aromatic heterocycles. The minimum absolute atomic E-state index is 0.000629. The van der Waals surface area contributed by atoms with Gasteiger partial charge in [0.1, 0.15) is 0 Å². The lowest BCUT2D eigenvalue weighted by molar-refractivity contribution is -0.146. The summed E-state index contributed by atoms with van der Waals surface area (Å²) in [6.07, 6.45) is -9.94. The largest absolute Gasteiger partial charge is 0.435 e. The number of aromatic nitrogens is 3. The van der Waals surface area contributed by atoms with Gasteiger partial charge in [0.15, 0.2) is 17.0 Å². The third-order valence-electron chi connectivity index (χ3n) is 4.05. The van der Waals surface area contributed by atoms with E-state index in [1.165, 1.54) is 30.3 Å². The number of benzene rings is 1. The van der Waals surface area contributed by atoms with E-state index in [4.69, 9.17) is 11.6 Å². The maximum atomic E-state index is 13.6. The van der Waals surface area contributed by atoms with Crippen molar-refractivity contribution < 1.29 is 26.3 Å². The normalized spacial score (nSPS) is 12.7. The minimum atomic E-state index is -4.99. The van der Waals surface area contributed by atoms with Crippen LogP contribution in [0.2, 0.25) is 5.02 Å². The number of fused-ring (bicyclic) bond motifs is 1. The molecular formula is C18H8ClF6N3S. The lowest BCUT2D eigenvalue weighted by Crippen LogP contribution is -2.14. The Kier molecular flexibility index (Phi) is 4.58. The van der Waals surface area contributed by atoms with Crippen molar-refractivity contribution in [2.75, 3.05) is 0 Å². The summed E-state index contributed by atoms with van der Waals surface area (Å²) < 4.78 is 82.1. The molecule has 0 spiro atoms. The molecule has 4 rings (SSSR count). The van der Waals surface area contributed by atoms with E-state index in [0.717, 1.165) is 11.3 Å². The Hall–Kier alpha value is -2.59. The first-order chi connectivity index (χ1) is 13.6. The average Bonchev–Trinajstić information content (AvgIpc) is 3.28. The predicted octanol–water partition coefficient (Wildman–Crippen LogP) is 6.82. The summed E-state index contributed by atoms with van der Waals surface area (Å²) in [5.74, 6) is 0. The van der Waals surface area contributed by atoms with Gasteiger partial charge in [0, 0.05) is 5.02 Å². The van der Waals surface area contributed by atoms with Crippen LogP contribution in [-0.2, 0) is 12.4 Å². The van der Waals surface area contributed by atoms with Gasteiger partial charge in [0.25, 0.3) is 0 Å². The summed E-state index contributed by atoms with van der Waals surface area (Å²) in [4.78, 5) is 4.49. The molecule has 0 radical (unpaired) electrons. The molecule has 0 unspecified atom stereocenters. The third kappa shape index (κ3) is 3.58. The van der Waals surface area contributed by atoms with Crippen LogP contribution in [0, 0.1) is 0 Å². The van der Waals surface area contributed by atoms with Crippen LogP contribution in [-0.4, -0.2) is 14.6 Å². The topological polar surface area (TPSA) is 30.2 Å². The van der Waals surface area contributed by atoms with E-state index >= 15 is 0 Å². The molecular weight excluding hydrogens is 440 g/mol. The highest BCUT2D eigenvalue weighted by Gasteiger charge is 2.42. The molecule has 0 aliphatic carbocycles. The van der Waals surface area contributed by atoms with Gasteiger partial charge in [-0.25, -0.2) is 9.50 Å². The molecule has 0 aliphatic rings. The summed E-state index contributed by atoms with van der Waals surface area (Å²) >= 11 is 6.91. The number of halogens is 7. The monoisotopic (exact) mass is 447 g/mol. The van der Waals surface area contributed by atoms with Crippen molar-refractivity contribution in [3.05, 3.63) is 64.3 Å². The van der Waals surface area contributed by atoms with Gasteiger partial charge in [0.2, 0.25) is 0 Å².